The van der Waals surface area contributed by atoms with Gasteiger partial charge in [0.25, 0.3) is 5.91 Å². The number of carbonyl (C=O) groups excluding carboxylic acids is 1. The number of nitrogens with one attached hydrogen (secondary N) is 1. The molecule has 0 radical (unpaired) electrons. The fourth-order valence-electron chi connectivity index (χ4n) is 1.38. The zero-order chi connectivity index (χ0) is 14.4. The molecule has 1 aromatic carbocycles. The average molecular weight is 289 g/mol. The van der Waals surface area contributed by atoms with E-state index in [2.05, 4.69) is 5.32 Å². The fraction of sp³-hybridized carbons (Fsp3) is 0.462. The fourth-order valence-corrected chi connectivity index (χ4v) is 1.59. The number of ether oxygens (including phenoxy) is 1. The number of rotatable bonds is 6. The minimum Gasteiger partial charge on any atom is -0.479 e. The molecule has 106 valence electrons. The molecule has 0 saturated carbocycles. The van der Waals surface area contributed by atoms with Gasteiger partial charge < -0.3 is 15.8 Å². The molecule has 0 aliphatic rings. The van der Waals surface area contributed by atoms with Gasteiger partial charge in [0.2, 0.25) is 0 Å². The normalized spacial score (nSPS) is 13.7. The lowest BCUT2D eigenvalue weighted by Crippen LogP contribution is -2.38. The first-order chi connectivity index (χ1) is 8.90. The van der Waals surface area contributed by atoms with E-state index >= 15 is 0 Å². The minimum absolute atomic E-state index is 0.0306. The van der Waals surface area contributed by atoms with Crippen molar-refractivity contribution in [2.75, 3.05) is 6.54 Å². The molecule has 0 fully saturated rings. The predicted octanol–water partition coefficient (Wildman–Crippen LogP) is 2.10. The average Bonchev–Trinajstić information content (AvgIpc) is 2.32. The number of nitrogens with two attached hydrogens (primary N) is 1. The molecule has 0 spiro atoms. The highest BCUT2D eigenvalue weighted by molar-refractivity contribution is 6.32. The summed E-state index contributed by atoms with van der Waals surface area (Å²) in [6, 6.07) is 3.78. The van der Waals surface area contributed by atoms with Crippen molar-refractivity contribution in [3.8, 4) is 5.75 Å². The van der Waals surface area contributed by atoms with E-state index in [1.165, 1.54) is 12.1 Å². The van der Waals surface area contributed by atoms with Crippen molar-refractivity contribution in [1.82, 2.24) is 5.32 Å². The van der Waals surface area contributed by atoms with Crippen LogP contribution in [0.1, 0.15) is 20.3 Å². The van der Waals surface area contributed by atoms with E-state index in [9.17, 15) is 9.18 Å². The van der Waals surface area contributed by atoms with E-state index in [4.69, 9.17) is 22.1 Å². The summed E-state index contributed by atoms with van der Waals surface area (Å²) in [4.78, 5) is 11.7. The molecule has 0 aliphatic heterocycles. The van der Waals surface area contributed by atoms with Gasteiger partial charge in [0.15, 0.2) is 6.10 Å². The first-order valence-corrected chi connectivity index (χ1v) is 6.43. The van der Waals surface area contributed by atoms with Crippen LogP contribution in [0.3, 0.4) is 0 Å². The van der Waals surface area contributed by atoms with Crippen molar-refractivity contribution < 1.29 is 13.9 Å². The molecule has 2 atom stereocenters. The molecular weight excluding hydrogens is 271 g/mol. The third-order valence-corrected chi connectivity index (χ3v) is 2.76. The van der Waals surface area contributed by atoms with Gasteiger partial charge in [-0.3, -0.25) is 4.79 Å². The summed E-state index contributed by atoms with van der Waals surface area (Å²) in [7, 11) is 0. The van der Waals surface area contributed by atoms with Gasteiger partial charge in [0, 0.05) is 12.6 Å². The van der Waals surface area contributed by atoms with Gasteiger partial charge in [-0.15, -0.1) is 0 Å². The summed E-state index contributed by atoms with van der Waals surface area (Å²) in [6.45, 7) is 3.95. The Kier molecular flexibility index (Phi) is 6.05. The second kappa shape index (κ2) is 7.31. The maximum absolute atomic E-state index is 12.9. The van der Waals surface area contributed by atoms with E-state index in [1.54, 1.807) is 6.92 Å². The van der Waals surface area contributed by atoms with Crippen LogP contribution in [0.15, 0.2) is 18.2 Å². The second-order valence-electron chi connectivity index (χ2n) is 4.39. The molecule has 4 nitrogen and oxygen atoms in total. The number of carbonyl (C=O) groups is 1. The third-order valence-electron chi connectivity index (χ3n) is 2.47. The van der Waals surface area contributed by atoms with Crippen LogP contribution in [-0.2, 0) is 4.79 Å². The highest BCUT2D eigenvalue weighted by atomic mass is 35.5. The van der Waals surface area contributed by atoms with Crippen molar-refractivity contribution in [3.05, 3.63) is 29.0 Å². The molecule has 1 amide bonds. The Hall–Kier alpha value is -1.33. The van der Waals surface area contributed by atoms with Crippen LogP contribution in [0, 0.1) is 5.82 Å². The monoisotopic (exact) mass is 288 g/mol. The van der Waals surface area contributed by atoms with Gasteiger partial charge in [-0.05, 0) is 38.5 Å². The van der Waals surface area contributed by atoms with Gasteiger partial charge in [-0.25, -0.2) is 4.39 Å². The third kappa shape index (κ3) is 5.44. The zero-order valence-corrected chi connectivity index (χ0v) is 11.7. The maximum atomic E-state index is 12.9. The summed E-state index contributed by atoms with van der Waals surface area (Å²) in [5.74, 6) is -0.440. The smallest absolute Gasteiger partial charge is 0.260 e. The Bertz CT molecular complexity index is 441. The van der Waals surface area contributed by atoms with Crippen molar-refractivity contribution in [1.29, 1.82) is 0 Å². The summed E-state index contributed by atoms with van der Waals surface area (Å²) in [5, 5.41) is 2.84. The standard InChI is InChI=1S/C13H18ClFN2O2/c1-8(16)5-6-17-13(18)9(2)19-12-4-3-10(15)7-11(12)14/h3-4,7-9H,5-6,16H2,1-2H3,(H,17,18). The van der Waals surface area contributed by atoms with Crippen molar-refractivity contribution in [3.63, 3.8) is 0 Å². The molecule has 0 heterocycles. The molecule has 0 saturated heterocycles. The number of benzene rings is 1. The largest absolute Gasteiger partial charge is 0.479 e. The zero-order valence-electron chi connectivity index (χ0n) is 11.0. The lowest BCUT2D eigenvalue weighted by atomic mass is 10.2. The van der Waals surface area contributed by atoms with E-state index in [-0.39, 0.29) is 22.7 Å². The lowest BCUT2D eigenvalue weighted by Gasteiger charge is -2.16. The molecule has 6 heteroatoms. The summed E-state index contributed by atoms with van der Waals surface area (Å²) in [5.41, 5.74) is 5.58. The summed E-state index contributed by atoms with van der Waals surface area (Å²) >= 11 is 5.81. The minimum atomic E-state index is -0.712. The van der Waals surface area contributed by atoms with Crippen LogP contribution in [0.2, 0.25) is 5.02 Å². The Morgan fingerprint density at radius 2 is 2.21 bits per heavy atom. The molecule has 0 aromatic heterocycles. The van der Waals surface area contributed by atoms with E-state index in [0.717, 1.165) is 6.07 Å². The van der Waals surface area contributed by atoms with Gasteiger partial charge in [-0.2, -0.15) is 0 Å². The second-order valence-corrected chi connectivity index (χ2v) is 4.80. The van der Waals surface area contributed by atoms with Crippen LogP contribution in [0.5, 0.6) is 5.75 Å². The molecular formula is C13H18ClFN2O2. The molecule has 19 heavy (non-hydrogen) atoms. The van der Waals surface area contributed by atoms with Crippen LogP contribution in [0.25, 0.3) is 0 Å². The van der Waals surface area contributed by atoms with E-state index in [1.807, 2.05) is 6.92 Å². The molecule has 1 rings (SSSR count). The first kappa shape index (κ1) is 15.7. The Labute approximate surface area is 117 Å². The molecule has 0 aliphatic carbocycles. The van der Waals surface area contributed by atoms with Gasteiger partial charge in [0.1, 0.15) is 11.6 Å². The highest BCUT2D eigenvalue weighted by Crippen LogP contribution is 2.25. The SMILES string of the molecule is CC(N)CCNC(=O)C(C)Oc1ccc(F)cc1Cl. The maximum Gasteiger partial charge on any atom is 0.260 e. The van der Waals surface area contributed by atoms with Crippen LogP contribution in [0.4, 0.5) is 4.39 Å². The Balaban J connectivity index is 2.49. The molecule has 2 unspecified atom stereocenters. The van der Waals surface area contributed by atoms with Crippen LogP contribution in [-0.4, -0.2) is 24.6 Å². The summed E-state index contributed by atoms with van der Waals surface area (Å²) in [6.07, 6.45) is -0.0218. The van der Waals surface area contributed by atoms with Gasteiger partial charge in [0.05, 0.1) is 5.02 Å². The Morgan fingerprint density at radius 1 is 1.53 bits per heavy atom. The van der Waals surface area contributed by atoms with Crippen molar-refractivity contribution >= 4 is 17.5 Å². The molecule has 0 bridgehead atoms. The number of hydrogen-bond donors (Lipinski definition) is 2. The number of amides is 1. The molecule has 1 aromatic rings. The van der Waals surface area contributed by atoms with Crippen LogP contribution >= 0.6 is 11.6 Å². The predicted molar refractivity (Wildman–Crippen MR) is 72.8 cm³/mol. The lowest BCUT2D eigenvalue weighted by molar-refractivity contribution is -0.127. The summed E-state index contributed by atoms with van der Waals surface area (Å²) < 4.78 is 18.2. The Morgan fingerprint density at radius 3 is 2.79 bits per heavy atom. The van der Waals surface area contributed by atoms with E-state index < -0.39 is 11.9 Å². The van der Waals surface area contributed by atoms with Crippen molar-refractivity contribution in [2.24, 2.45) is 5.73 Å². The van der Waals surface area contributed by atoms with Gasteiger partial charge in [-0.1, -0.05) is 11.6 Å². The highest BCUT2D eigenvalue weighted by Gasteiger charge is 2.15. The number of hydrogen-bond acceptors (Lipinski definition) is 3. The van der Waals surface area contributed by atoms with E-state index in [0.29, 0.717) is 13.0 Å². The van der Waals surface area contributed by atoms with Crippen molar-refractivity contribution in [2.45, 2.75) is 32.4 Å². The number of halogens is 2. The van der Waals surface area contributed by atoms with Gasteiger partial charge >= 0.3 is 0 Å². The quantitative estimate of drug-likeness (QED) is 0.842. The first-order valence-electron chi connectivity index (χ1n) is 6.05. The van der Waals surface area contributed by atoms with Crippen LogP contribution < -0.4 is 15.8 Å². The topological polar surface area (TPSA) is 64.3 Å². The molecule has 3 N–H and O–H groups in total.